The smallest absolute Gasteiger partial charge is 0.227 e. The van der Waals surface area contributed by atoms with Crippen LogP contribution in [-0.2, 0) is 14.4 Å². The van der Waals surface area contributed by atoms with Gasteiger partial charge in [0.15, 0.2) is 0 Å². The number of carbonyl (C=O) groups is 3. The van der Waals surface area contributed by atoms with E-state index in [4.69, 9.17) is 0 Å². The maximum absolute atomic E-state index is 13.6. The van der Waals surface area contributed by atoms with E-state index < -0.39 is 16.8 Å². The van der Waals surface area contributed by atoms with Gasteiger partial charge < -0.3 is 31.3 Å². The van der Waals surface area contributed by atoms with Crippen molar-refractivity contribution in [1.82, 2.24) is 0 Å². The van der Waals surface area contributed by atoms with Crippen LogP contribution in [0.25, 0.3) is 0 Å². The van der Waals surface area contributed by atoms with E-state index in [0.717, 1.165) is 38.5 Å². The summed E-state index contributed by atoms with van der Waals surface area (Å²) in [6.07, 6.45) is 7.38. The number of aliphatic hydroxyl groups is 3. The monoisotopic (exact) mass is 705 g/mol. The molecule has 282 valence electrons. The van der Waals surface area contributed by atoms with Crippen molar-refractivity contribution in [1.29, 1.82) is 0 Å². The van der Waals surface area contributed by atoms with Gasteiger partial charge in [-0.3, -0.25) is 14.4 Å². The van der Waals surface area contributed by atoms with Crippen molar-refractivity contribution >= 4 is 34.8 Å². The Labute approximate surface area is 304 Å². The molecular weight excluding hydrogens is 642 g/mol. The summed E-state index contributed by atoms with van der Waals surface area (Å²) >= 11 is 0. The van der Waals surface area contributed by atoms with E-state index in [1.165, 1.54) is 0 Å². The van der Waals surface area contributed by atoms with Gasteiger partial charge in [0.05, 0.1) is 36.1 Å². The molecule has 0 aliphatic heterocycles. The van der Waals surface area contributed by atoms with Gasteiger partial charge in [0.25, 0.3) is 0 Å². The molecule has 7 rings (SSSR count). The quantitative estimate of drug-likeness (QED) is 0.158. The number of carbonyl (C=O) groups excluding carboxylic acids is 3. The molecule has 6 saturated carbocycles. The van der Waals surface area contributed by atoms with Gasteiger partial charge in [-0.2, -0.15) is 0 Å². The van der Waals surface area contributed by atoms with E-state index >= 15 is 0 Å². The van der Waals surface area contributed by atoms with Crippen LogP contribution in [-0.4, -0.2) is 49.8 Å². The fourth-order valence-corrected chi connectivity index (χ4v) is 13.3. The van der Waals surface area contributed by atoms with Crippen LogP contribution in [0.5, 0.6) is 0 Å². The number of fused-ring (bicyclic) bond motifs is 6. The molecule has 0 spiro atoms. The number of rotatable bonds is 9. The third-order valence-electron chi connectivity index (χ3n) is 18.3. The van der Waals surface area contributed by atoms with Crippen molar-refractivity contribution < 1.29 is 29.7 Å². The summed E-state index contributed by atoms with van der Waals surface area (Å²) in [6, 6.07) is 4.97. The number of nitrogens with one attached hydrogen (secondary N) is 3. The molecule has 1 aromatic rings. The van der Waals surface area contributed by atoms with Crippen LogP contribution in [0.1, 0.15) is 139 Å². The first-order valence-corrected chi connectivity index (χ1v) is 19.6. The molecule has 0 saturated heterocycles. The van der Waals surface area contributed by atoms with Crippen LogP contribution in [0.15, 0.2) is 18.2 Å². The van der Waals surface area contributed by atoms with Crippen LogP contribution in [0.2, 0.25) is 0 Å². The Kier molecular flexibility index (Phi) is 7.97. The molecule has 6 N–H and O–H groups in total. The Balaban J connectivity index is 1.11. The van der Waals surface area contributed by atoms with E-state index in [1.54, 1.807) is 18.2 Å². The minimum absolute atomic E-state index is 0.0488. The first kappa shape index (κ1) is 36.9. The Hall–Kier alpha value is -2.49. The number of benzene rings is 1. The van der Waals surface area contributed by atoms with Crippen LogP contribution < -0.4 is 16.0 Å². The maximum Gasteiger partial charge on any atom is 0.227 e. The van der Waals surface area contributed by atoms with Crippen LogP contribution >= 0.6 is 0 Å². The Morgan fingerprint density at radius 2 is 0.745 bits per heavy atom. The van der Waals surface area contributed by atoms with Crippen molar-refractivity contribution in [2.24, 2.45) is 50.2 Å². The number of hydrogen-bond donors (Lipinski definition) is 6. The zero-order valence-corrected chi connectivity index (χ0v) is 32.5. The number of amides is 3. The molecule has 0 heterocycles. The fourth-order valence-electron chi connectivity index (χ4n) is 13.3. The average molecular weight is 706 g/mol. The minimum Gasteiger partial charge on any atom is -0.389 e. The second-order valence-electron chi connectivity index (χ2n) is 20.5. The van der Waals surface area contributed by atoms with Crippen molar-refractivity contribution in [2.75, 3.05) is 16.0 Å². The second kappa shape index (κ2) is 11.0. The van der Waals surface area contributed by atoms with E-state index in [2.05, 4.69) is 78.3 Å². The highest BCUT2D eigenvalue weighted by molar-refractivity contribution is 5.98. The third kappa shape index (κ3) is 4.91. The molecular formula is C42H63N3O6. The molecule has 6 fully saturated rings. The lowest BCUT2D eigenvalue weighted by Crippen LogP contribution is -2.49. The van der Waals surface area contributed by atoms with E-state index in [1.807, 2.05) is 0 Å². The van der Waals surface area contributed by atoms with Gasteiger partial charge in [0.1, 0.15) is 0 Å². The van der Waals surface area contributed by atoms with Gasteiger partial charge in [-0.25, -0.2) is 0 Å². The number of hydrogen-bond acceptors (Lipinski definition) is 6. The molecule has 6 aliphatic rings. The summed E-state index contributed by atoms with van der Waals surface area (Å²) < 4.78 is 0. The Morgan fingerprint density at radius 3 is 0.922 bits per heavy atom. The van der Waals surface area contributed by atoms with Crippen molar-refractivity contribution in [2.45, 2.75) is 156 Å². The van der Waals surface area contributed by atoms with E-state index in [-0.39, 0.29) is 69.5 Å². The zero-order valence-electron chi connectivity index (χ0n) is 32.5. The summed E-state index contributed by atoms with van der Waals surface area (Å²) in [5.41, 5.74) is -3.64. The predicted molar refractivity (Wildman–Crippen MR) is 199 cm³/mol. The lowest BCUT2D eigenvalue weighted by atomic mass is 9.63. The standard InChI is InChI=1S/C42H63N3O6/c1-34(2)25-10-13-37(34,7)40(49,19-25)22-31(46)43-28-16-29(44-32(47)23-41(50)20-26-11-14-38(41,8)35(26,3)4)18-30(17-28)45-33(48)24-42(51)21-27-12-15-39(42,9)36(27,5)6/h16-18,25-27,49-51H,10-15,19-24H2,1-9H3,(H,43,46)(H,44,47)(H,45,48). The predicted octanol–water partition coefficient (Wildman–Crippen LogP) is 7.40. The Morgan fingerprint density at radius 1 is 0.510 bits per heavy atom. The van der Waals surface area contributed by atoms with Crippen molar-refractivity contribution in [3.05, 3.63) is 18.2 Å². The van der Waals surface area contributed by atoms with Gasteiger partial charge in [0.2, 0.25) is 17.7 Å². The first-order chi connectivity index (χ1) is 23.4. The Bertz CT molecular complexity index is 1470. The van der Waals surface area contributed by atoms with Crippen LogP contribution in [0.3, 0.4) is 0 Å². The minimum atomic E-state index is -1.13. The summed E-state index contributed by atoms with van der Waals surface area (Å²) in [5, 5.41) is 44.5. The molecule has 6 bridgehead atoms. The molecule has 0 aromatic heterocycles. The lowest BCUT2D eigenvalue weighted by molar-refractivity contribution is -0.133. The van der Waals surface area contributed by atoms with Gasteiger partial charge in [0, 0.05) is 33.3 Å². The summed E-state index contributed by atoms with van der Waals surface area (Å²) in [5.74, 6) is 0.0746. The summed E-state index contributed by atoms with van der Waals surface area (Å²) in [7, 11) is 0. The summed E-state index contributed by atoms with van der Waals surface area (Å²) in [6.45, 7) is 19.5. The lowest BCUT2D eigenvalue weighted by Gasteiger charge is -2.45. The maximum atomic E-state index is 13.6. The van der Waals surface area contributed by atoms with Gasteiger partial charge in [-0.15, -0.1) is 0 Å². The molecule has 0 radical (unpaired) electrons. The fraction of sp³-hybridized carbons (Fsp3) is 0.786. The van der Waals surface area contributed by atoms with Gasteiger partial charge >= 0.3 is 0 Å². The van der Waals surface area contributed by atoms with E-state index in [0.29, 0.717) is 54.1 Å². The topological polar surface area (TPSA) is 148 Å². The molecule has 9 unspecified atom stereocenters. The molecule has 9 nitrogen and oxygen atoms in total. The van der Waals surface area contributed by atoms with Gasteiger partial charge in [-0.1, -0.05) is 62.3 Å². The molecule has 9 heteroatoms. The normalized spacial score (nSPS) is 43.4. The molecule has 1 aromatic carbocycles. The SMILES string of the molecule is CC1(C)C2CCC1(C)C(O)(CC(=O)Nc1cc(NC(=O)CC3(O)CC4CCC3(C)C4(C)C)cc(NC(=O)CC3(O)CC4CCC3(C)C4(C)C)c1)C2. The largest absolute Gasteiger partial charge is 0.389 e. The molecule has 6 aliphatic carbocycles. The zero-order chi connectivity index (χ0) is 37.4. The average Bonchev–Trinajstić information content (AvgIpc) is 3.59. The molecule has 9 atom stereocenters. The second-order valence-corrected chi connectivity index (χ2v) is 20.5. The highest BCUT2D eigenvalue weighted by Crippen LogP contribution is 2.72. The van der Waals surface area contributed by atoms with Crippen molar-refractivity contribution in [3.63, 3.8) is 0 Å². The summed E-state index contributed by atoms with van der Waals surface area (Å²) in [4.78, 5) is 40.9. The highest BCUT2D eigenvalue weighted by Gasteiger charge is 2.70. The first-order valence-electron chi connectivity index (χ1n) is 19.6. The van der Waals surface area contributed by atoms with Gasteiger partial charge in [-0.05, 0) is 110 Å². The molecule has 3 amide bonds. The third-order valence-corrected chi connectivity index (χ3v) is 18.3. The number of anilines is 3. The van der Waals surface area contributed by atoms with Crippen LogP contribution in [0, 0.1) is 50.2 Å². The van der Waals surface area contributed by atoms with Crippen molar-refractivity contribution in [3.8, 4) is 0 Å². The van der Waals surface area contributed by atoms with E-state index in [9.17, 15) is 29.7 Å². The molecule has 51 heavy (non-hydrogen) atoms. The highest BCUT2D eigenvalue weighted by atomic mass is 16.3. The van der Waals surface area contributed by atoms with Crippen LogP contribution in [0.4, 0.5) is 17.1 Å².